The number of ether oxygens (including phenoxy) is 4. The number of hydrogen-bond acceptors (Lipinski definition) is 7. The molecule has 0 fully saturated rings. The highest BCUT2D eigenvalue weighted by Crippen LogP contribution is 2.39. The summed E-state index contributed by atoms with van der Waals surface area (Å²) in [5, 5.41) is 5.59. The van der Waals surface area contributed by atoms with E-state index < -0.39 is 35.8 Å². The van der Waals surface area contributed by atoms with Crippen molar-refractivity contribution in [2.75, 3.05) is 32.7 Å². The average molecular weight is 631 g/mol. The molecule has 2 atom stereocenters. The van der Waals surface area contributed by atoms with E-state index in [1.165, 1.54) is 38.5 Å². The molecule has 0 saturated carbocycles. The number of rotatable bonds is 15. The molecule has 0 aliphatic rings. The molecule has 0 aliphatic heterocycles. The van der Waals surface area contributed by atoms with Gasteiger partial charge in [-0.05, 0) is 66.8 Å². The maximum atomic E-state index is 14.0. The summed E-state index contributed by atoms with van der Waals surface area (Å²) in [5.41, 5.74) is 2.02. The molecule has 0 bridgehead atoms. The fourth-order valence-corrected chi connectivity index (χ4v) is 4.91. The van der Waals surface area contributed by atoms with Gasteiger partial charge in [0.25, 0.3) is 5.91 Å². The SMILES string of the molecule is CCC[C@H](c1ccc(C(=O)NCCC(=O)OCC)cc1)[C@@H](C(=O)Nc1ccc(OC)c(OC)c1)c1ccc(OC(F)(F)F)cc1. The topological polar surface area (TPSA) is 112 Å². The maximum Gasteiger partial charge on any atom is 0.573 e. The Bertz CT molecular complexity index is 1430. The fraction of sp³-hybridized carbons (Fsp3) is 0.364. The van der Waals surface area contributed by atoms with Crippen LogP contribution in [0.5, 0.6) is 17.2 Å². The lowest BCUT2D eigenvalue weighted by Crippen LogP contribution is -2.27. The van der Waals surface area contributed by atoms with Crippen molar-refractivity contribution in [1.82, 2.24) is 5.32 Å². The van der Waals surface area contributed by atoms with Crippen molar-refractivity contribution in [3.05, 3.63) is 83.4 Å². The molecule has 9 nitrogen and oxygen atoms in total. The summed E-state index contributed by atoms with van der Waals surface area (Å²) >= 11 is 0. The van der Waals surface area contributed by atoms with Gasteiger partial charge in [-0.15, -0.1) is 13.2 Å². The summed E-state index contributed by atoms with van der Waals surface area (Å²) in [6.07, 6.45) is -3.57. The quantitative estimate of drug-likeness (QED) is 0.182. The third kappa shape index (κ3) is 10.2. The van der Waals surface area contributed by atoms with Crippen LogP contribution in [-0.2, 0) is 14.3 Å². The molecule has 3 rings (SSSR count). The molecule has 0 heterocycles. The number of amides is 2. The summed E-state index contributed by atoms with van der Waals surface area (Å²) in [7, 11) is 2.96. The number of carbonyl (C=O) groups excluding carboxylic acids is 3. The summed E-state index contributed by atoms with van der Waals surface area (Å²) < 4.78 is 57.9. The molecule has 0 aromatic heterocycles. The summed E-state index contributed by atoms with van der Waals surface area (Å²) in [5.74, 6) is -1.95. The number of alkyl halides is 3. The van der Waals surface area contributed by atoms with Crippen LogP contribution in [0, 0.1) is 0 Å². The molecule has 0 aliphatic carbocycles. The highest BCUT2D eigenvalue weighted by molar-refractivity contribution is 5.97. The van der Waals surface area contributed by atoms with Gasteiger partial charge in [-0.2, -0.15) is 0 Å². The number of methoxy groups -OCH3 is 2. The number of hydrogen-bond donors (Lipinski definition) is 2. The first-order valence-electron chi connectivity index (χ1n) is 14.4. The van der Waals surface area contributed by atoms with Crippen LogP contribution in [0.1, 0.15) is 66.4 Å². The largest absolute Gasteiger partial charge is 0.573 e. The van der Waals surface area contributed by atoms with Crippen LogP contribution < -0.4 is 24.8 Å². The van der Waals surface area contributed by atoms with Gasteiger partial charge in [0, 0.05) is 23.9 Å². The molecule has 0 radical (unpaired) electrons. The van der Waals surface area contributed by atoms with E-state index in [4.69, 9.17) is 14.2 Å². The molecule has 0 spiro atoms. The second-order valence-electron chi connectivity index (χ2n) is 9.98. The van der Waals surface area contributed by atoms with Gasteiger partial charge in [0.15, 0.2) is 11.5 Å². The van der Waals surface area contributed by atoms with Gasteiger partial charge < -0.3 is 29.6 Å². The Morgan fingerprint density at radius 2 is 1.49 bits per heavy atom. The Kier molecular flexibility index (Phi) is 12.6. The van der Waals surface area contributed by atoms with Gasteiger partial charge in [-0.3, -0.25) is 14.4 Å². The second kappa shape index (κ2) is 16.4. The van der Waals surface area contributed by atoms with Crippen LogP contribution in [0.25, 0.3) is 0 Å². The molecular formula is C33H37F3N2O7. The molecule has 2 N–H and O–H groups in total. The molecular weight excluding hydrogens is 593 g/mol. The Balaban J connectivity index is 1.93. The van der Waals surface area contributed by atoms with E-state index in [0.29, 0.717) is 41.2 Å². The van der Waals surface area contributed by atoms with Crippen molar-refractivity contribution in [2.24, 2.45) is 0 Å². The molecule has 0 saturated heterocycles. The molecule has 0 unspecified atom stereocenters. The third-order valence-corrected chi connectivity index (χ3v) is 6.93. The summed E-state index contributed by atoms with van der Waals surface area (Å²) in [4.78, 5) is 38.2. The predicted molar refractivity (Wildman–Crippen MR) is 162 cm³/mol. The van der Waals surface area contributed by atoms with E-state index in [9.17, 15) is 27.6 Å². The van der Waals surface area contributed by atoms with Crippen LogP contribution in [-0.4, -0.2) is 51.5 Å². The smallest absolute Gasteiger partial charge is 0.493 e. The normalized spacial score (nSPS) is 12.4. The van der Waals surface area contributed by atoms with Crippen LogP contribution in [0.2, 0.25) is 0 Å². The molecule has 45 heavy (non-hydrogen) atoms. The number of benzene rings is 3. The first kappa shape index (κ1) is 34.7. The van der Waals surface area contributed by atoms with Crippen LogP contribution >= 0.6 is 0 Å². The van der Waals surface area contributed by atoms with Crippen molar-refractivity contribution >= 4 is 23.5 Å². The van der Waals surface area contributed by atoms with E-state index in [1.54, 1.807) is 49.4 Å². The zero-order chi connectivity index (χ0) is 33.0. The van der Waals surface area contributed by atoms with Crippen molar-refractivity contribution in [3.8, 4) is 17.2 Å². The Morgan fingerprint density at radius 3 is 2.07 bits per heavy atom. The van der Waals surface area contributed by atoms with Crippen molar-refractivity contribution in [2.45, 2.75) is 51.3 Å². The maximum absolute atomic E-state index is 14.0. The number of anilines is 1. The van der Waals surface area contributed by atoms with Crippen molar-refractivity contribution in [3.63, 3.8) is 0 Å². The minimum absolute atomic E-state index is 0.0416. The van der Waals surface area contributed by atoms with Gasteiger partial charge in [0.1, 0.15) is 5.75 Å². The van der Waals surface area contributed by atoms with E-state index >= 15 is 0 Å². The lowest BCUT2D eigenvalue weighted by Gasteiger charge is -2.28. The molecule has 2 amide bonds. The number of carbonyl (C=O) groups is 3. The highest BCUT2D eigenvalue weighted by atomic mass is 19.4. The Hall–Kier alpha value is -4.74. The second-order valence-corrected chi connectivity index (χ2v) is 9.98. The lowest BCUT2D eigenvalue weighted by molar-refractivity contribution is -0.274. The predicted octanol–water partition coefficient (Wildman–Crippen LogP) is 6.59. The molecule has 3 aromatic rings. The van der Waals surface area contributed by atoms with Gasteiger partial charge in [0.05, 0.1) is 33.2 Å². The van der Waals surface area contributed by atoms with Crippen molar-refractivity contribution < 1.29 is 46.5 Å². The van der Waals surface area contributed by atoms with E-state index in [-0.39, 0.29) is 25.5 Å². The Morgan fingerprint density at radius 1 is 0.844 bits per heavy atom. The summed E-state index contributed by atoms with van der Waals surface area (Å²) in [6, 6.07) is 16.9. The van der Waals surface area contributed by atoms with Crippen LogP contribution in [0.3, 0.4) is 0 Å². The van der Waals surface area contributed by atoms with Crippen LogP contribution in [0.15, 0.2) is 66.7 Å². The Labute approximate surface area is 260 Å². The first-order valence-corrected chi connectivity index (χ1v) is 14.4. The number of nitrogens with one attached hydrogen (secondary N) is 2. The lowest BCUT2D eigenvalue weighted by atomic mass is 9.78. The highest BCUT2D eigenvalue weighted by Gasteiger charge is 2.33. The van der Waals surface area contributed by atoms with E-state index in [2.05, 4.69) is 15.4 Å². The van der Waals surface area contributed by atoms with Crippen LogP contribution in [0.4, 0.5) is 18.9 Å². The number of esters is 1. The number of halogens is 3. The molecule has 12 heteroatoms. The molecule has 3 aromatic carbocycles. The van der Waals surface area contributed by atoms with Gasteiger partial charge in [0.2, 0.25) is 5.91 Å². The molecule has 242 valence electrons. The summed E-state index contributed by atoms with van der Waals surface area (Å²) in [6.45, 7) is 4.03. The average Bonchev–Trinajstić information content (AvgIpc) is 3.01. The zero-order valence-electron chi connectivity index (χ0n) is 25.5. The first-order chi connectivity index (χ1) is 21.5. The fourth-order valence-electron chi connectivity index (χ4n) is 4.91. The third-order valence-electron chi connectivity index (χ3n) is 6.93. The van der Waals surface area contributed by atoms with E-state index in [0.717, 1.165) is 5.56 Å². The van der Waals surface area contributed by atoms with E-state index in [1.807, 2.05) is 6.92 Å². The standard InChI is InChI=1S/C33H37F3N2O7/c1-5-7-26(21-8-10-23(11-9-21)31(40)37-19-18-29(39)44-6-2)30(22-12-15-25(16-13-22)45-33(34,35)36)32(41)38-24-14-17-27(42-3)28(20-24)43-4/h8-17,20,26,30H,5-7,18-19H2,1-4H3,(H,37,40)(H,38,41)/t26-,30+/m1/s1. The zero-order valence-corrected chi connectivity index (χ0v) is 25.5. The van der Waals surface area contributed by atoms with Gasteiger partial charge in [-0.1, -0.05) is 37.6 Å². The minimum Gasteiger partial charge on any atom is -0.493 e. The van der Waals surface area contributed by atoms with Gasteiger partial charge in [-0.25, -0.2) is 0 Å². The van der Waals surface area contributed by atoms with Crippen molar-refractivity contribution in [1.29, 1.82) is 0 Å². The minimum atomic E-state index is -4.86. The van der Waals surface area contributed by atoms with Gasteiger partial charge >= 0.3 is 12.3 Å². The monoisotopic (exact) mass is 630 g/mol.